The van der Waals surface area contributed by atoms with Crippen LogP contribution >= 0.6 is 11.6 Å². The summed E-state index contributed by atoms with van der Waals surface area (Å²) >= 11 is 6.36. The summed E-state index contributed by atoms with van der Waals surface area (Å²) in [7, 11) is 0. The summed E-state index contributed by atoms with van der Waals surface area (Å²) in [5, 5.41) is 14.8. The van der Waals surface area contributed by atoms with Crippen LogP contribution in [0.4, 0.5) is 10.5 Å². The predicted octanol–water partition coefficient (Wildman–Crippen LogP) is 3.94. The highest BCUT2D eigenvalue weighted by Crippen LogP contribution is 2.33. The number of phenols is 1. The number of halogens is 1. The number of phenolic OH excluding ortho intramolecular Hbond substituents is 1. The topological polar surface area (TPSA) is 68.7 Å². The highest BCUT2D eigenvalue weighted by Gasteiger charge is 2.22. The fourth-order valence-corrected chi connectivity index (χ4v) is 3.72. The number of hydrogen-bond acceptors (Lipinski definition) is 4. The minimum Gasteiger partial charge on any atom is -0.505 e. The first-order valence-electron chi connectivity index (χ1n) is 9.20. The molecule has 2 amide bonds. The smallest absolute Gasteiger partial charge is 0.321 e. The molecule has 2 aromatic carbocycles. The van der Waals surface area contributed by atoms with Crippen LogP contribution in [-0.4, -0.2) is 52.1 Å². The van der Waals surface area contributed by atoms with Crippen LogP contribution in [0.3, 0.4) is 0 Å². The first-order chi connectivity index (χ1) is 13.6. The molecule has 7 heteroatoms. The normalized spacial score (nSPS) is 15.0. The highest BCUT2D eigenvalue weighted by molar-refractivity contribution is 6.35. The number of para-hydroxylation sites is 1. The maximum Gasteiger partial charge on any atom is 0.321 e. The number of piperazine rings is 1. The Labute approximate surface area is 168 Å². The third-order valence-electron chi connectivity index (χ3n) is 4.97. The molecule has 1 saturated heterocycles. The number of aromatic hydroxyl groups is 1. The fraction of sp³-hybridized carbons (Fsp3) is 0.238. The third kappa shape index (κ3) is 3.88. The monoisotopic (exact) mass is 396 g/mol. The molecule has 1 aromatic heterocycles. The predicted molar refractivity (Wildman–Crippen MR) is 111 cm³/mol. The van der Waals surface area contributed by atoms with Gasteiger partial charge in [-0.15, -0.1) is 0 Å². The van der Waals surface area contributed by atoms with Gasteiger partial charge in [-0.3, -0.25) is 9.88 Å². The maximum absolute atomic E-state index is 12.4. The van der Waals surface area contributed by atoms with E-state index in [0.717, 1.165) is 29.7 Å². The molecule has 1 aliphatic heterocycles. The fourth-order valence-electron chi connectivity index (χ4n) is 3.43. The number of anilines is 1. The van der Waals surface area contributed by atoms with Gasteiger partial charge in [0.1, 0.15) is 11.3 Å². The third-order valence-corrected chi connectivity index (χ3v) is 5.29. The van der Waals surface area contributed by atoms with Gasteiger partial charge in [-0.25, -0.2) is 4.79 Å². The second kappa shape index (κ2) is 8.04. The molecule has 1 aliphatic rings. The zero-order valence-electron chi connectivity index (χ0n) is 15.3. The summed E-state index contributed by atoms with van der Waals surface area (Å²) in [5.74, 6) is 0.171. The Hall–Kier alpha value is -2.83. The number of nitrogens with zero attached hydrogens (tertiary/aromatic N) is 3. The Balaban J connectivity index is 1.39. The second-order valence-corrected chi connectivity index (χ2v) is 7.23. The summed E-state index contributed by atoms with van der Waals surface area (Å²) in [6, 6.07) is 14.8. The van der Waals surface area contributed by atoms with Crippen LogP contribution in [0.25, 0.3) is 10.9 Å². The average Bonchev–Trinajstić information content (AvgIpc) is 2.73. The van der Waals surface area contributed by atoms with Crippen LogP contribution in [0.5, 0.6) is 5.75 Å². The summed E-state index contributed by atoms with van der Waals surface area (Å²) in [4.78, 5) is 20.7. The molecular weight excluding hydrogens is 376 g/mol. The van der Waals surface area contributed by atoms with Crippen LogP contribution in [-0.2, 0) is 6.54 Å². The van der Waals surface area contributed by atoms with Gasteiger partial charge < -0.3 is 15.3 Å². The molecule has 0 atom stereocenters. The van der Waals surface area contributed by atoms with Gasteiger partial charge in [-0.05, 0) is 30.3 Å². The number of pyridine rings is 1. The molecule has 2 N–H and O–H groups in total. The van der Waals surface area contributed by atoms with E-state index in [2.05, 4.69) is 15.2 Å². The first-order valence-corrected chi connectivity index (χ1v) is 9.58. The molecule has 1 fully saturated rings. The molecule has 3 aromatic rings. The summed E-state index contributed by atoms with van der Waals surface area (Å²) in [6.07, 6.45) is 1.65. The largest absolute Gasteiger partial charge is 0.505 e. The van der Waals surface area contributed by atoms with Crippen molar-refractivity contribution < 1.29 is 9.90 Å². The van der Waals surface area contributed by atoms with Crippen molar-refractivity contribution in [1.29, 1.82) is 0 Å². The Bertz CT molecular complexity index is 988. The lowest BCUT2D eigenvalue weighted by Gasteiger charge is -2.34. The second-order valence-electron chi connectivity index (χ2n) is 6.83. The van der Waals surface area contributed by atoms with Gasteiger partial charge in [0.15, 0.2) is 0 Å². The molecule has 0 spiro atoms. The van der Waals surface area contributed by atoms with Gasteiger partial charge in [0.05, 0.1) is 5.02 Å². The molecule has 0 aliphatic carbocycles. The van der Waals surface area contributed by atoms with Crippen molar-refractivity contribution in [1.82, 2.24) is 14.8 Å². The number of carbonyl (C=O) groups is 1. The number of fused-ring (bicyclic) bond motifs is 1. The van der Waals surface area contributed by atoms with Crippen molar-refractivity contribution in [3.63, 3.8) is 0 Å². The molecule has 4 rings (SSSR count). The zero-order valence-corrected chi connectivity index (χ0v) is 16.1. The van der Waals surface area contributed by atoms with E-state index in [9.17, 15) is 9.90 Å². The molecule has 28 heavy (non-hydrogen) atoms. The lowest BCUT2D eigenvalue weighted by molar-refractivity contribution is 0.142. The maximum atomic E-state index is 12.4. The number of carbonyl (C=O) groups excluding carboxylic acids is 1. The minimum atomic E-state index is -0.0911. The van der Waals surface area contributed by atoms with Crippen LogP contribution in [0.2, 0.25) is 5.02 Å². The lowest BCUT2D eigenvalue weighted by Crippen LogP contribution is -2.49. The first kappa shape index (κ1) is 18.5. The summed E-state index contributed by atoms with van der Waals surface area (Å²) < 4.78 is 0. The van der Waals surface area contributed by atoms with Gasteiger partial charge in [-0.2, -0.15) is 0 Å². The summed E-state index contributed by atoms with van der Waals surface area (Å²) in [5.41, 5.74) is 2.06. The van der Waals surface area contributed by atoms with Crippen molar-refractivity contribution in [3.05, 3.63) is 65.3 Å². The van der Waals surface area contributed by atoms with E-state index in [1.165, 1.54) is 0 Å². The van der Waals surface area contributed by atoms with Gasteiger partial charge in [-0.1, -0.05) is 29.8 Å². The van der Waals surface area contributed by atoms with Crippen LogP contribution in [0, 0.1) is 0 Å². The van der Waals surface area contributed by atoms with Gasteiger partial charge >= 0.3 is 6.03 Å². The molecule has 144 valence electrons. The molecule has 6 nitrogen and oxygen atoms in total. The standard InChI is InChI=1S/C21H21ClN4O2/c22-18-13-15(20(27)19-17(18)7-4-8-23-19)14-25-9-11-26(12-10-25)21(28)24-16-5-2-1-3-6-16/h1-8,13,27H,9-12,14H2,(H,24,28). The SMILES string of the molecule is O=C(Nc1ccccc1)N1CCN(Cc2cc(Cl)c3cccnc3c2O)CC1. The van der Waals surface area contributed by atoms with E-state index in [-0.39, 0.29) is 11.8 Å². The highest BCUT2D eigenvalue weighted by atomic mass is 35.5. The number of amides is 2. The van der Waals surface area contributed by atoms with Gasteiger partial charge in [0.25, 0.3) is 0 Å². The molecule has 0 bridgehead atoms. The Morgan fingerprint density at radius 3 is 2.61 bits per heavy atom. The van der Waals surface area contributed by atoms with Crippen LogP contribution < -0.4 is 5.32 Å². The molecule has 2 heterocycles. The Morgan fingerprint density at radius 1 is 1.11 bits per heavy atom. The zero-order chi connectivity index (χ0) is 19.5. The number of rotatable bonds is 3. The van der Waals surface area contributed by atoms with Crippen molar-refractivity contribution in [2.45, 2.75) is 6.54 Å². The van der Waals surface area contributed by atoms with E-state index in [4.69, 9.17) is 11.6 Å². The number of hydrogen-bond donors (Lipinski definition) is 2. The van der Waals surface area contributed by atoms with Crippen molar-refractivity contribution in [2.75, 3.05) is 31.5 Å². The lowest BCUT2D eigenvalue weighted by atomic mass is 10.1. The molecule has 0 radical (unpaired) electrons. The van der Waals surface area contributed by atoms with E-state index >= 15 is 0 Å². The molecule has 0 saturated carbocycles. The van der Waals surface area contributed by atoms with Gasteiger partial charge in [0.2, 0.25) is 0 Å². The minimum absolute atomic E-state index is 0.0911. The van der Waals surface area contributed by atoms with E-state index in [1.54, 1.807) is 23.2 Å². The van der Waals surface area contributed by atoms with E-state index < -0.39 is 0 Å². The Morgan fingerprint density at radius 2 is 1.86 bits per heavy atom. The Kier molecular flexibility index (Phi) is 5.32. The van der Waals surface area contributed by atoms with E-state index in [0.29, 0.717) is 30.2 Å². The van der Waals surface area contributed by atoms with Crippen LogP contribution in [0.1, 0.15) is 5.56 Å². The number of urea groups is 1. The van der Waals surface area contributed by atoms with Crippen molar-refractivity contribution in [2.24, 2.45) is 0 Å². The molecular formula is C21H21ClN4O2. The number of benzene rings is 2. The summed E-state index contributed by atoms with van der Waals surface area (Å²) in [6.45, 7) is 3.25. The number of aromatic nitrogens is 1. The van der Waals surface area contributed by atoms with Crippen LogP contribution in [0.15, 0.2) is 54.7 Å². The van der Waals surface area contributed by atoms with Gasteiger partial charge in [0, 0.05) is 55.6 Å². The van der Waals surface area contributed by atoms with Crippen molar-refractivity contribution >= 4 is 34.2 Å². The average molecular weight is 397 g/mol. The number of nitrogens with one attached hydrogen (secondary N) is 1. The molecule has 0 unspecified atom stereocenters. The van der Waals surface area contributed by atoms with Crippen molar-refractivity contribution in [3.8, 4) is 5.75 Å². The van der Waals surface area contributed by atoms with E-state index in [1.807, 2.05) is 36.4 Å². The quantitative estimate of drug-likeness (QED) is 0.703.